The number of ketones is 1. The number of Topliss-reactive ketones (excluding diaryl/α,β-unsaturated/α-hetero) is 1. The first-order valence-electron chi connectivity index (χ1n) is 6.12. The van der Waals surface area contributed by atoms with Gasteiger partial charge >= 0.3 is 0 Å². The number of imidazole rings is 1. The van der Waals surface area contributed by atoms with Crippen molar-refractivity contribution in [3.8, 4) is 0 Å². The first-order chi connectivity index (χ1) is 9.42. The van der Waals surface area contributed by atoms with E-state index in [1.807, 2.05) is 6.20 Å². The molecule has 1 amide bonds. The highest BCUT2D eigenvalue weighted by Gasteiger charge is 2.15. The molecule has 0 spiro atoms. The highest BCUT2D eigenvalue weighted by molar-refractivity contribution is 6.03. The monoisotopic (exact) mass is 275 g/mol. The predicted molar refractivity (Wildman–Crippen MR) is 76.1 cm³/mol. The molecule has 0 fully saturated rings. The summed E-state index contributed by atoms with van der Waals surface area (Å²) in [6.45, 7) is 1.43. The molecule has 0 aromatic carbocycles. The standard InChI is InChI=1S/C13H17N5O2/c1-8(19)12-15-11(7-18(12)4)16-13(20)10-5-9(14-2)6-17(10)3/h5-7,14H,1-4H3,(H,16,20). The van der Waals surface area contributed by atoms with Gasteiger partial charge in [0, 0.05) is 40.5 Å². The molecule has 2 rings (SSSR count). The van der Waals surface area contributed by atoms with Crippen LogP contribution in [0, 0.1) is 0 Å². The van der Waals surface area contributed by atoms with E-state index >= 15 is 0 Å². The highest BCUT2D eigenvalue weighted by atomic mass is 16.2. The van der Waals surface area contributed by atoms with Crippen LogP contribution in [0.15, 0.2) is 18.5 Å². The summed E-state index contributed by atoms with van der Waals surface area (Å²) in [5, 5.41) is 5.65. The third-order valence-corrected chi connectivity index (χ3v) is 2.96. The first kappa shape index (κ1) is 13.9. The van der Waals surface area contributed by atoms with Gasteiger partial charge in [-0.25, -0.2) is 4.98 Å². The van der Waals surface area contributed by atoms with Gasteiger partial charge in [0.2, 0.25) is 0 Å². The Kier molecular flexibility index (Phi) is 3.60. The number of hydrogen-bond donors (Lipinski definition) is 2. The summed E-state index contributed by atoms with van der Waals surface area (Å²) in [6, 6.07) is 1.74. The lowest BCUT2D eigenvalue weighted by Gasteiger charge is -2.02. The maximum absolute atomic E-state index is 12.2. The van der Waals surface area contributed by atoms with E-state index in [0.29, 0.717) is 17.3 Å². The summed E-state index contributed by atoms with van der Waals surface area (Å²) in [5.74, 6) is 0.240. The quantitative estimate of drug-likeness (QED) is 0.823. The van der Waals surface area contributed by atoms with E-state index in [4.69, 9.17) is 0 Å². The summed E-state index contributed by atoms with van der Waals surface area (Å²) >= 11 is 0. The third kappa shape index (κ3) is 2.56. The van der Waals surface area contributed by atoms with Gasteiger partial charge in [0.05, 0.1) is 5.69 Å². The average Bonchev–Trinajstić information content (AvgIpc) is 2.92. The van der Waals surface area contributed by atoms with Crippen molar-refractivity contribution < 1.29 is 9.59 Å². The number of aromatic nitrogens is 3. The van der Waals surface area contributed by atoms with Crippen molar-refractivity contribution in [2.75, 3.05) is 17.7 Å². The maximum atomic E-state index is 12.2. The van der Waals surface area contributed by atoms with E-state index in [1.54, 1.807) is 42.5 Å². The van der Waals surface area contributed by atoms with Gasteiger partial charge in [0.15, 0.2) is 17.4 Å². The molecule has 0 atom stereocenters. The van der Waals surface area contributed by atoms with E-state index in [2.05, 4.69) is 15.6 Å². The van der Waals surface area contributed by atoms with Crippen LogP contribution in [0.1, 0.15) is 28.0 Å². The number of aryl methyl sites for hydroxylation is 2. The van der Waals surface area contributed by atoms with E-state index in [0.717, 1.165) is 5.69 Å². The molecule has 0 saturated heterocycles. The molecule has 0 bridgehead atoms. The molecule has 0 aliphatic rings. The molecular weight excluding hydrogens is 258 g/mol. The molecule has 0 aliphatic carbocycles. The van der Waals surface area contributed by atoms with Gasteiger partial charge in [-0.15, -0.1) is 0 Å². The molecule has 0 radical (unpaired) electrons. The van der Waals surface area contributed by atoms with E-state index in [9.17, 15) is 9.59 Å². The summed E-state index contributed by atoms with van der Waals surface area (Å²) in [6.07, 6.45) is 3.42. The van der Waals surface area contributed by atoms with Crippen molar-refractivity contribution in [1.82, 2.24) is 14.1 Å². The zero-order valence-electron chi connectivity index (χ0n) is 11.9. The molecular formula is C13H17N5O2. The first-order valence-corrected chi connectivity index (χ1v) is 6.12. The zero-order chi connectivity index (χ0) is 14.9. The Morgan fingerprint density at radius 2 is 1.90 bits per heavy atom. The normalized spacial score (nSPS) is 10.4. The molecule has 7 heteroatoms. The zero-order valence-corrected chi connectivity index (χ0v) is 11.9. The number of nitrogens with one attached hydrogen (secondary N) is 2. The van der Waals surface area contributed by atoms with Crippen LogP contribution in [-0.2, 0) is 14.1 Å². The van der Waals surface area contributed by atoms with Crippen molar-refractivity contribution >= 4 is 23.2 Å². The number of carbonyl (C=O) groups excluding carboxylic acids is 2. The van der Waals surface area contributed by atoms with E-state index in [1.165, 1.54) is 6.92 Å². The van der Waals surface area contributed by atoms with Crippen LogP contribution in [-0.4, -0.2) is 32.9 Å². The Morgan fingerprint density at radius 3 is 2.40 bits per heavy atom. The van der Waals surface area contributed by atoms with Crippen LogP contribution >= 0.6 is 0 Å². The Labute approximate surface area is 116 Å². The third-order valence-electron chi connectivity index (χ3n) is 2.96. The lowest BCUT2D eigenvalue weighted by atomic mass is 10.4. The minimum absolute atomic E-state index is 0.149. The summed E-state index contributed by atoms with van der Waals surface area (Å²) in [4.78, 5) is 27.6. The van der Waals surface area contributed by atoms with Crippen molar-refractivity contribution in [3.63, 3.8) is 0 Å². The second-order valence-corrected chi connectivity index (χ2v) is 4.55. The van der Waals surface area contributed by atoms with Gasteiger partial charge in [-0.05, 0) is 6.07 Å². The summed E-state index contributed by atoms with van der Waals surface area (Å²) < 4.78 is 3.30. The topological polar surface area (TPSA) is 81.0 Å². The molecule has 0 saturated carbocycles. The minimum atomic E-state index is -0.276. The van der Waals surface area contributed by atoms with Crippen molar-refractivity contribution in [1.29, 1.82) is 0 Å². The molecule has 0 unspecified atom stereocenters. The molecule has 2 aromatic rings. The van der Waals surface area contributed by atoms with Crippen LogP contribution < -0.4 is 10.6 Å². The number of rotatable bonds is 4. The van der Waals surface area contributed by atoms with Gasteiger partial charge in [0.25, 0.3) is 5.91 Å². The van der Waals surface area contributed by atoms with Crippen molar-refractivity contribution in [3.05, 3.63) is 30.0 Å². The van der Waals surface area contributed by atoms with E-state index in [-0.39, 0.29) is 11.7 Å². The summed E-state index contributed by atoms with van der Waals surface area (Å²) in [7, 11) is 5.28. The second-order valence-electron chi connectivity index (χ2n) is 4.55. The highest BCUT2D eigenvalue weighted by Crippen LogP contribution is 2.14. The van der Waals surface area contributed by atoms with Gasteiger partial charge in [-0.1, -0.05) is 0 Å². The van der Waals surface area contributed by atoms with Gasteiger partial charge in [0.1, 0.15) is 5.69 Å². The van der Waals surface area contributed by atoms with Gasteiger partial charge in [-0.2, -0.15) is 0 Å². The van der Waals surface area contributed by atoms with Gasteiger partial charge in [-0.3, -0.25) is 9.59 Å². The second kappa shape index (κ2) is 5.20. The molecule has 2 heterocycles. The van der Waals surface area contributed by atoms with Crippen molar-refractivity contribution in [2.24, 2.45) is 14.1 Å². The number of anilines is 2. The fraction of sp³-hybridized carbons (Fsp3) is 0.308. The smallest absolute Gasteiger partial charge is 0.273 e. The minimum Gasteiger partial charge on any atom is -0.387 e. The predicted octanol–water partition coefficient (Wildman–Crippen LogP) is 1.26. The van der Waals surface area contributed by atoms with E-state index < -0.39 is 0 Å². The largest absolute Gasteiger partial charge is 0.387 e. The average molecular weight is 275 g/mol. The lowest BCUT2D eigenvalue weighted by molar-refractivity contribution is 0.0995. The van der Waals surface area contributed by atoms with Crippen LogP contribution in [0.2, 0.25) is 0 Å². The van der Waals surface area contributed by atoms with Crippen LogP contribution in [0.25, 0.3) is 0 Å². The van der Waals surface area contributed by atoms with Crippen molar-refractivity contribution in [2.45, 2.75) is 6.92 Å². The molecule has 2 N–H and O–H groups in total. The number of nitrogens with zero attached hydrogens (tertiary/aromatic N) is 3. The van der Waals surface area contributed by atoms with Crippen LogP contribution in [0.3, 0.4) is 0 Å². The number of amides is 1. The number of carbonyl (C=O) groups is 2. The van der Waals surface area contributed by atoms with Crippen LogP contribution in [0.4, 0.5) is 11.5 Å². The molecule has 7 nitrogen and oxygen atoms in total. The van der Waals surface area contributed by atoms with Gasteiger partial charge < -0.3 is 19.8 Å². The lowest BCUT2D eigenvalue weighted by Crippen LogP contribution is -2.15. The number of hydrogen-bond acceptors (Lipinski definition) is 4. The molecule has 2 aromatic heterocycles. The summed E-state index contributed by atoms with van der Waals surface area (Å²) in [5.41, 5.74) is 1.35. The van der Waals surface area contributed by atoms with Crippen LogP contribution in [0.5, 0.6) is 0 Å². The molecule has 20 heavy (non-hydrogen) atoms. The maximum Gasteiger partial charge on any atom is 0.273 e. The Hall–Kier alpha value is -2.57. The Balaban J connectivity index is 2.21. The SMILES string of the molecule is CNc1cc(C(=O)Nc2cn(C)c(C(C)=O)n2)n(C)c1. The Bertz CT molecular complexity index is 668. The molecule has 0 aliphatic heterocycles. The Morgan fingerprint density at radius 1 is 1.20 bits per heavy atom. The fourth-order valence-corrected chi connectivity index (χ4v) is 1.96. The molecule has 106 valence electrons. The fourth-order valence-electron chi connectivity index (χ4n) is 1.96.